The number of ether oxygens (including phenoxy) is 2. The van der Waals surface area contributed by atoms with E-state index in [1.54, 1.807) is 6.07 Å². The normalized spacial score (nSPS) is 10.4. The first-order chi connectivity index (χ1) is 10.2. The molecule has 2 aromatic rings. The lowest BCUT2D eigenvalue weighted by Gasteiger charge is -2.07. The molecule has 0 aliphatic heterocycles. The van der Waals surface area contributed by atoms with Crippen molar-refractivity contribution in [2.45, 2.75) is 26.7 Å². The minimum atomic E-state index is -0.429. The lowest BCUT2D eigenvalue weighted by molar-refractivity contribution is 0.0443. The third kappa shape index (κ3) is 4.63. The molecule has 0 fully saturated rings. The molecular formula is C16H20N2O3. The Balaban J connectivity index is 1.73. The maximum absolute atomic E-state index is 11.8. The van der Waals surface area contributed by atoms with Crippen LogP contribution in [0.2, 0.25) is 0 Å². The van der Waals surface area contributed by atoms with E-state index in [-0.39, 0.29) is 6.61 Å². The lowest BCUT2D eigenvalue weighted by Crippen LogP contribution is -2.12. The summed E-state index contributed by atoms with van der Waals surface area (Å²) in [5.74, 6) is 0.345. The average molecular weight is 288 g/mol. The van der Waals surface area contributed by atoms with Gasteiger partial charge in [0.25, 0.3) is 0 Å². The number of carbonyl (C=O) groups excluding carboxylic acids is 1. The van der Waals surface area contributed by atoms with E-state index in [0.29, 0.717) is 12.3 Å². The first-order valence-corrected chi connectivity index (χ1v) is 7.10. The van der Waals surface area contributed by atoms with Crippen LogP contribution in [0.5, 0.6) is 5.75 Å². The fourth-order valence-electron chi connectivity index (χ4n) is 1.94. The Morgan fingerprint density at radius 1 is 1.29 bits per heavy atom. The maximum atomic E-state index is 11.8. The van der Waals surface area contributed by atoms with Crippen molar-refractivity contribution in [3.05, 3.63) is 47.3 Å². The molecule has 1 aromatic carbocycles. The highest BCUT2D eigenvalue weighted by Crippen LogP contribution is 2.12. The number of nitrogens with zero attached hydrogens (tertiary/aromatic N) is 1. The van der Waals surface area contributed by atoms with Gasteiger partial charge < -0.3 is 9.47 Å². The van der Waals surface area contributed by atoms with Gasteiger partial charge in [0.05, 0.1) is 0 Å². The summed E-state index contributed by atoms with van der Waals surface area (Å²) in [6.07, 6.45) is 1.87. The van der Waals surface area contributed by atoms with Crippen molar-refractivity contribution in [2.24, 2.45) is 0 Å². The van der Waals surface area contributed by atoms with Gasteiger partial charge in [-0.2, -0.15) is 5.10 Å². The first-order valence-electron chi connectivity index (χ1n) is 7.10. The van der Waals surface area contributed by atoms with E-state index in [1.807, 2.05) is 31.2 Å². The predicted molar refractivity (Wildman–Crippen MR) is 79.5 cm³/mol. The Labute approximate surface area is 124 Å². The van der Waals surface area contributed by atoms with Crippen LogP contribution >= 0.6 is 0 Å². The first kappa shape index (κ1) is 15.1. The predicted octanol–water partition coefficient (Wildman–Crippen LogP) is 2.91. The number of H-pyrrole nitrogens is 1. The standard InChI is InChI=1S/C16H20N2O3/c1-3-5-13-11-15(18-17-13)16(19)21-9-8-20-14-7-4-6-12(2)10-14/h4,6-7,10-11H,3,5,8-9H2,1-2H3,(H,17,18). The van der Waals surface area contributed by atoms with E-state index in [2.05, 4.69) is 17.1 Å². The lowest BCUT2D eigenvalue weighted by atomic mass is 10.2. The number of esters is 1. The molecule has 5 heteroatoms. The minimum absolute atomic E-state index is 0.197. The van der Waals surface area contributed by atoms with Crippen LogP contribution in [0.3, 0.4) is 0 Å². The van der Waals surface area contributed by atoms with E-state index in [0.717, 1.165) is 29.8 Å². The maximum Gasteiger partial charge on any atom is 0.358 e. The van der Waals surface area contributed by atoms with Gasteiger partial charge in [0, 0.05) is 5.69 Å². The molecule has 1 N–H and O–H groups in total. The molecule has 21 heavy (non-hydrogen) atoms. The van der Waals surface area contributed by atoms with E-state index in [4.69, 9.17) is 9.47 Å². The van der Waals surface area contributed by atoms with Crippen molar-refractivity contribution in [1.29, 1.82) is 0 Å². The van der Waals surface area contributed by atoms with E-state index < -0.39 is 5.97 Å². The smallest absolute Gasteiger partial charge is 0.358 e. The van der Waals surface area contributed by atoms with Gasteiger partial charge in [-0.05, 0) is 37.1 Å². The number of aromatic nitrogens is 2. The molecule has 0 bridgehead atoms. The summed E-state index contributed by atoms with van der Waals surface area (Å²) in [5.41, 5.74) is 2.39. The molecule has 0 saturated heterocycles. The van der Waals surface area contributed by atoms with Crippen LogP contribution in [0.1, 0.15) is 35.1 Å². The molecule has 0 saturated carbocycles. The number of hydrogen-bond donors (Lipinski definition) is 1. The van der Waals surface area contributed by atoms with E-state index >= 15 is 0 Å². The van der Waals surface area contributed by atoms with Gasteiger partial charge in [0.1, 0.15) is 19.0 Å². The van der Waals surface area contributed by atoms with Gasteiger partial charge in [0.2, 0.25) is 0 Å². The Kier molecular flexibility index (Phi) is 5.37. The van der Waals surface area contributed by atoms with E-state index in [9.17, 15) is 4.79 Å². The molecule has 0 aliphatic rings. The van der Waals surface area contributed by atoms with Crippen LogP contribution in [0, 0.1) is 6.92 Å². The van der Waals surface area contributed by atoms with E-state index in [1.165, 1.54) is 0 Å². The number of aryl methyl sites for hydroxylation is 2. The van der Waals surface area contributed by atoms with Crippen molar-refractivity contribution in [3.8, 4) is 5.75 Å². The van der Waals surface area contributed by atoms with Crippen LogP contribution < -0.4 is 4.74 Å². The van der Waals surface area contributed by atoms with Gasteiger partial charge >= 0.3 is 5.97 Å². The molecule has 0 spiro atoms. The van der Waals surface area contributed by atoms with Crippen LogP contribution in [0.4, 0.5) is 0 Å². The zero-order valence-corrected chi connectivity index (χ0v) is 12.4. The highest BCUT2D eigenvalue weighted by molar-refractivity contribution is 5.87. The van der Waals surface area contributed by atoms with Gasteiger partial charge in [-0.15, -0.1) is 0 Å². The fraction of sp³-hybridized carbons (Fsp3) is 0.375. The summed E-state index contributed by atoms with van der Waals surface area (Å²) >= 11 is 0. The topological polar surface area (TPSA) is 64.2 Å². The zero-order valence-electron chi connectivity index (χ0n) is 12.4. The van der Waals surface area contributed by atoms with Crippen molar-refractivity contribution < 1.29 is 14.3 Å². The summed E-state index contributed by atoms with van der Waals surface area (Å²) in [5, 5.41) is 6.77. The SMILES string of the molecule is CCCc1cc(C(=O)OCCOc2cccc(C)c2)n[nH]1. The summed E-state index contributed by atoms with van der Waals surface area (Å²) in [4.78, 5) is 11.8. The molecule has 0 radical (unpaired) electrons. The Morgan fingerprint density at radius 2 is 2.14 bits per heavy atom. The largest absolute Gasteiger partial charge is 0.490 e. The molecule has 5 nitrogen and oxygen atoms in total. The molecule has 0 amide bonds. The van der Waals surface area contributed by atoms with Gasteiger partial charge in [0.15, 0.2) is 5.69 Å². The summed E-state index contributed by atoms with van der Waals surface area (Å²) in [6.45, 7) is 4.59. The highest BCUT2D eigenvalue weighted by atomic mass is 16.6. The third-order valence-electron chi connectivity index (χ3n) is 2.93. The number of nitrogens with one attached hydrogen (secondary N) is 1. The number of aromatic amines is 1. The monoisotopic (exact) mass is 288 g/mol. The van der Waals surface area contributed by atoms with Crippen molar-refractivity contribution >= 4 is 5.97 Å². The average Bonchev–Trinajstić information content (AvgIpc) is 2.93. The Bertz CT molecular complexity index is 593. The van der Waals surface area contributed by atoms with Crippen LogP contribution in [-0.4, -0.2) is 29.4 Å². The molecule has 0 aliphatic carbocycles. The number of rotatable bonds is 7. The Morgan fingerprint density at radius 3 is 2.90 bits per heavy atom. The second-order valence-electron chi connectivity index (χ2n) is 4.83. The number of hydrogen-bond acceptors (Lipinski definition) is 4. The highest BCUT2D eigenvalue weighted by Gasteiger charge is 2.11. The quantitative estimate of drug-likeness (QED) is 0.628. The third-order valence-corrected chi connectivity index (χ3v) is 2.93. The van der Waals surface area contributed by atoms with Crippen molar-refractivity contribution in [1.82, 2.24) is 10.2 Å². The Hall–Kier alpha value is -2.30. The van der Waals surface area contributed by atoms with Gasteiger partial charge in [-0.1, -0.05) is 25.5 Å². The minimum Gasteiger partial charge on any atom is -0.490 e. The number of carbonyl (C=O) groups is 1. The molecule has 1 aromatic heterocycles. The van der Waals surface area contributed by atoms with Crippen molar-refractivity contribution in [3.63, 3.8) is 0 Å². The van der Waals surface area contributed by atoms with Gasteiger partial charge in [-0.3, -0.25) is 5.10 Å². The molecular weight excluding hydrogens is 268 g/mol. The number of benzene rings is 1. The van der Waals surface area contributed by atoms with Gasteiger partial charge in [-0.25, -0.2) is 4.79 Å². The van der Waals surface area contributed by atoms with Crippen LogP contribution in [0.25, 0.3) is 0 Å². The summed E-state index contributed by atoms with van der Waals surface area (Å²) in [7, 11) is 0. The molecule has 0 atom stereocenters. The second-order valence-corrected chi connectivity index (χ2v) is 4.83. The fourth-order valence-corrected chi connectivity index (χ4v) is 1.94. The molecule has 0 unspecified atom stereocenters. The van der Waals surface area contributed by atoms with Crippen molar-refractivity contribution in [2.75, 3.05) is 13.2 Å². The summed E-state index contributed by atoms with van der Waals surface area (Å²) in [6, 6.07) is 9.47. The summed E-state index contributed by atoms with van der Waals surface area (Å²) < 4.78 is 10.6. The van der Waals surface area contributed by atoms with Crippen LogP contribution in [-0.2, 0) is 11.2 Å². The van der Waals surface area contributed by atoms with Crippen LogP contribution in [0.15, 0.2) is 30.3 Å². The zero-order chi connectivity index (χ0) is 15.1. The molecule has 112 valence electrons. The second kappa shape index (κ2) is 7.47. The molecule has 2 rings (SSSR count). The molecule has 1 heterocycles.